The van der Waals surface area contributed by atoms with Gasteiger partial charge in [-0.3, -0.25) is 0 Å². The van der Waals surface area contributed by atoms with E-state index in [1.807, 2.05) is 0 Å². The van der Waals surface area contributed by atoms with E-state index >= 15 is 0 Å². The maximum absolute atomic E-state index is 6.85. The van der Waals surface area contributed by atoms with Crippen molar-refractivity contribution in [2.24, 2.45) is 0 Å². The van der Waals surface area contributed by atoms with Crippen LogP contribution in [0.5, 0.6) is 0 Å². The fourth-order valence-corrected chi connectivity index (χ4v) is 8.22. The number of unbranched alkanes of at least 4 members (excludes halogenated alkanes) is 8. The summed E-state index contributed by atoms with van der Waals surface area (Å²) in [5, 5.41) is 0. The summed E-state index contributed by atoms with van der Waals surface area (Å²) in [5.74, 6) is 0. The van der Waals surface area contributed by atoms with Crippen molar-refractivity contribution >= 4 is 8.32 Å². The Bertz CT molecular complexity index is 261. The second-order valence-corrected chi connectivity index (χ2v) is 12.2. The van der Waals surface area contributed by atoms with E-state index in [9.17, 15) is 0 Å². The van der Waals surface area contributed by atoms with E-state index in [0.29, 0.717) is 6.10 Å². The average Bonchev–Trinajstić information content (AvgIpc) is 3.04. The number of hydrogen-bond acceptors (Lipinski definition) is 1. The van der Waals surface area contributed by atoms with Gasteiger partial charge in [0.25, 0.3) is 0 Å². The molecular formula is C21H44OSi. The lowest BCUT2D eigenvalue weighted by Gasteiger charge is -2.31. The molecule has 0 N–H and O–H groups in total. The summed E-state index contributed by atoms with van der Waals surface area (Å²) in [4.78, 5) is 0. The molecule has 2 heteroatoms. The van der Waals surface area contributed by atoms with Crippen molar-refractivity contribution < 1.29 is 4.43 Å². The summed E-state index contributed by atoms with van der Waals surface area (Å²) >= 11 is 0. The first kappa shape index (κ1) is 21.2. The molecule has 1 fully saturated rings. The first-order valence-corrected chi connectivity index (χ1v) is 13.5. The number of hydrogen-bond donors (Lipinski definition) is 0. The van der Waals surface area contributed by atoms with Gasteiger partial charge in [0.1, 0.15) is 0 Å². The van der Waals surface area contributed by atoms with Gasteiger partial charge in [0.05, 0.1) is 0 Å². The van der Waals surface area contributed by atoms with Crippen molar-refractivity contribution in [3.63, 3.8) is 0 Å². The molecule has 23 heavy (non-hydrogen) atoms. The van der Waals surface area contributed by atoms with Crippen LogP contribution in [0.4, 0.5) is 0 Å². The third-order valence-electron chi connectivity index (χ3n) is 5.84. The van der Waals surface area contributed by atoms with Crippen LogP contribution in [0.3, 0.4) is 0 Å². The van der Waals surface area contributed by atoms with Gasteiger partial charge in [0.15, 0.2) is 8.32 Å². The Labute approximate surface area is 148 Å². The van der Waals surface area contributed by atoms with Crippen LogP contribution in [0, 0.1) is 0 Å². The summed E-state index contributed by atoms with van der Waals surface area (Å²) in [7, 11) is -1.31. The van der Waals surface area contributed by atoms with Crippen molar-refractivity contribution in [1.82, 2.24) is 0 Å². The van der Waals surface area contributed by atoms with E-state index in [2.05, 4.69) is 20.8 Å². The zero-order valence-electron chi connectivity index (χ0n) is 16.5. The fourth-order valence-electron chi connectivity index (χ4n) is 4.13. The third kappa shape index (κ3) is 9.29. The van der Waals surface area contributed by atoms with Gasteiger partial charge in [-0.1, -0.05) is 97.8 Å². The molecule has 0 bridgehead atoms. The maximum Gasteiger partial charge on any atom is 0.192 e. The Hall–Kier alpha value is 0.177. The molecule has 0 aromatic carbocycles. The van der Waals surface area contributed by atoms with Gasteiger partial charge in [0.2, 0.25) is 0 Å². The number of rotatable bonds is 15. The molecule has 1 heterocycles. The van der Waals surface area contributed by atoms with Gasteiger partial charge in [-0.2, -0.15) is 0 Å². The lowest BCUT2D eigenvalue weighted by Crippen LogP contribution is -2.38. The zero-order chi connectivity index (χ0) is 16.8. The van der Waals surface area contributed by atoms with Gasteiger partial charge in [0, 0.05) is 6.10 Å². The van der Waals surface area contributed by atoms with E-state index in [1.54, 1.807) is 0 Å². The normalized spacial score (nSPS) is 18.4. The molecule has 0 spiro atoms. The van der Waals surface area contributed by atoms with E-state index < -0.39 is 8.32 Å². The van der Waals surface area contributed by atoms with Gasteiger partial charge in [-0.05, 0) is 31.0 Å². The first-order chi connectivity index (χ1) is 11.3. The highest BCUT2D eigenvalue weighted by atomic mass is 28.4. The SMILES string of the molecule is CCCCCCCCCCC(CCCC)O[Si]1(CC)CCCC1. The van der Waals surface area contributed by atoms with Crippen LogP contribution >= 0.6 is 0 Å². The molecule has 1 saturated heterocycles. The average molecular weight is 341 g/mol. The third-order valence-corrected chi connectivity index (χ3v) is 10.5. The van der Waals surface area contributed by atoms with Crippen LogP contribution in [0.2, 0.25) is 18.1 Å². The monoisotopic (exact) mass is 340 g/mol. The highest BCUT2D eigenvalue weighted by Crippen LogP contribution is 2.36. The summed E-state index contributed by atoms with van der Waals surface area (Å²) in [6, 6.07) is 4.25. The molecule has 1 atom stereocenters. The molecular weight excluding hydrogens is 296 g/mol. The van der Waals surface area contributed by atoms with Crippen LogP contribution < -0.4 is 0 Å². The molecule has 1 aliphatic heterocycles. The second-order valence-electron chi connectivity index (χ2n) is 7.89. The maximum atomic E-state index is 6.85. The minimum Gasteiger partial charge on any atom is -0.414 e. The molecule has 0 aliphatic carbocycles. The molecule has 1 rings (SSSR count). The van der Waals surface area contributed by atoms with Crippen LogP contribution in [-0.4, -0.2) is 14.4 Å². The highest BCUT2D eigenvalue weighted by Gasteiger charge is 2.38. The molecule has 138 valence electrons. The quantitative estimate of drug-likeness (QED) is 0.218. The van der Waals surface area contributed by atoms with E-state index in [-0.39, 0.29) is 0 Å². The molecule has 0 aromatic rings. The standard InChI is InChI=1S/C21H44OSi/c1-4-7-9-10-11-12-13-14-18-21(17-8-5-2)22-23(6-3)19-15-16-20-23/h21H,4-20H2,1-3H3. The van der Waals surface area contributed by atoms with E-state index in [0.717, 1.165) is 0 Å². The second kappa shape index (κ2) is 13.5. The molecule has 1 unspecified atom stereocenters. The Morgan fingerprint density at radius 2 is 1.22 bits per heavy atom. The summed E-state index contributed by atoms with van der Waals surface area (Å²) in [6.07, 6.45) is 20.2. The van der Waals surface area contributed by atoms with Gasteiger partial charge in [-0.25, -0.2) is 0 Å². The first-order valence-electron chi connectivity index (χ1n) is 10.9. The summed E-state index contributed by atoms with van der Waals surface area (Å²) in [6.45, 7) is 7.01. The zero-order valence-corrected chi connectivity index (χ0v) is 17.5. The van der Waals surface area contributed by atoms with Crippen LogP contribution in [-0.2, 0) is 4.43 Å². The Morgan fingerprint density at radius 1 is 0.696 bits per heavy atom. The van der Waals surface area contributed by atoms with E-state index in [1.165, 1.54) is 108 Å². The minimum atomic E-state index is -1.31. The van der Waals surface area contributed by atoms with Gasteiger partial charge >= 0.3 is 0 Å². The molecule has 1 nitrogen and oxygen atoms in total. The van der Waals surface area contributed by atoms with Crippen molar-refractivity contribution in [2.45, 2.75) is 135 Å². The van der Waals surface area contributed by atoms with Gasteiger partial charge < -0.3 is 4.43 Å². The Kier molecular flexibility index (Phi) is 12.4. The summed E-state index contributed by atoms with van der Waals surface area (Å²) < 4.78 is 6.85. The molecule has 0 aromatic heterocycles. The van der Waals surface area contributed by atoms with Crippen LogP contribution in [0.1, 0.15) is 111 Å². The van der Waals surface area contributed by atoms with Crippen molar-refractivity contribution in [2.75, 3.05) is 0 Å². The van der Waals surface area contributed by atoms with Crippen molar-refractivity contribution in [3.8, 4) is 0 Å². The topological polar surface area (TPSA) is 9.23 Å². The fraction of sp³-hybridized carbons (Fsp3) is 1.00. The lowest BCUT2D eigenvalue weighted by atomic mass is 10.0. The Balaban J connectivity index is 2.20. The predicted octanol–water partition coefficient (Wildman–Crippen LogP) is 7.85. The van der Waals surface area contributed by atoms with Gasteiger partial charge in [-0.15, -0.1) is 0 Å². The van der Waals surface area contributed by atoms with E-state index in [4.69, 9.17) is 4.43 Å². The smallest absolute Gasteiger partial charge is 0.192 e. The predicted molar refractivity (Wildman–Crippen MR) is 107 cm³/mol. The largest absolute Gasteiger partial charge is 0.414 e. The molecule has 0 amide bonds. The summed E-state index contributed by atoms with van der Waals surface area (Å²) in [5.41, 5.74) is 0. The lowest BCUT2D eigenvalue weighted by molar-refractivity contribution is 0.161. The molecule has 0 saturated carbocycles. The molecule has 1 aliphatic rings. The minimum absolute atomic E-state index is 0.597. The van der Waals surface area contributed by atoms with Crippen molar-refractivity contribution in [3.05, 3.63) is 0 Å². The van der Waals surface area contributed by atoms with Crippen LogP contribution in [0.25, 0.3) is 0 Å². The highest BCUT2D eigenvalue weighted by molar-refractivity contribution is 6.74. The van der Waals surface area contributed by atoms with Crippen molar-refractivity contribution in [1.29, 1.82) is 0 Å². The van der Waals surface area contributed by atoms with Crippen LogP contribution in [0.15, 0.2) is 0 Å². The Morgan fingerprint density at radius 3 is 1.78 bits per heavy atom. The molecule has 0 radical (unpaired) electrons.